The van der Waals surface area contributed by atoms with E-state index in [9.17, 15) is 39.0 Å². The van der Waals surface area contributed by atoms with Crippen molar-refractivity contribution < 1.29 is 39.0 Å². The molecule has 13 heteroatoms. The Kier molecular flexibility index (Phi) is 7.96. The van der Waals surface area contributed by atoms with Gasteiger partial charge in [0.2, 0.25) is 11.8 Å². The van der Waals surface area contributed by atoms with Gasteiger partial charge in [-0.1, -0.05) is 0 Å². The fourth-order valence-electron chi connectivity index (χ4n) is 8.05. The number of hydrogen-bond donors (Lipinski definition) is 4. The molecular weight excluding hydrogens is 570 g/mol. The summed E-state index contributed by atoms with van der Waals surface area (Å²) in [5, 5.41) is 26.0. The van der Waals surface area contributed by atoms with Crippen LogP contribution in [0.3, 0.4) is 0 Å². The summed E-state index contributed by atoms with van der Waals surface area (Å²) >= 11 is 0. The largest absolute Gasteiger partial charge is 0.505 e. The molecule has 0 spiro atoms. The number of benzene rings is 1. The van der Waals surface area contributed by atoms with Crippen LogP contribution in [0.15, 0.2) is 6.07 Å². The van der Waals surface area contributed by atoms with Crippen LogP contribution >= 0.6 is 0 Å². The molecular formula is C31H41N5O8. The molecule has 4 aliphatic rings. The Labute approximate surface area is 255 Å². The molecule has 0 aromatic heterocycles. The normalized spacial score (nSPS) is 32.0. The van der Waals surface area contributed by atoms with E-state index in [0.29, 0.717) is 17.7 Å². The molecule has 3 fully saturated rings. The highest BCUT2D eigenvalue weighted by molar-refractivity contribution is 6.32. The number of aliphatic hydroxyl groups is 1. The summed E-state index contributed by atoms with van der Waals surface area (Å²) in [7, 11) is 6.58. The third-order valence-electron chi connectivity index (χ3n) is 10.0. The molecule has 1 aliphatic heterocycles. The van der Waals surface area contributed by atoms with Crippen molar-refractivity contribution in [3.8, 4) is 5.75 Å². The lowest BCUT2D eigenvalue weighted by atomic mass is 9.52. The monoisotopic (exact) mass is 611 g/mol. The first-order chi connectivity index (χ1) is 20.5. The van der Waals surface area contributed by atoms with Gasteiger partial charge in [0, 0.05) is 31.7 Å². The lowest BCUT2D eigenvalue weighted by molar-refractivity contribution is -0.181. The predicted molar refractivity (Wildman–Crippen MR) is 159 cm³/mol. The smallest absolute Gasteiger partial charge is 0.241 e. The summed E-state index contributed by atoms with van der Waals surface area (Å²) in [5.74, 6) is -11.6. The quantitative estimate of drug-likeness (QED) is 0.245. The number of amides is 2. The van der Waals surface area contributed by atoms with E-state index < -0.39 is 76.1 Å². The molecule has 1 heterocycles. The van der Waals surface area contributed by atoms with Gasteiger partial charge in [-0.25, -0.2) is 0 Å². The van der Waals surface area contributed by atoms with Gasteiger partial charge in [0.1, 0.15) is 5.75 Å². The van der Waals surface area contributed by atoms with E-state index in [0.717, 1.165) is 13.0 Å². The number of carbonyl (C=O) groups excluding carboxylic acids is 6. The van der Waals surface area contributed by atoms with Crippen LogP contribution in [0.2, 0.25) is 0 Å². The number of primary amides is 1. The Morgan fingerprint density at radius 3 is 2.34 bits per heavy atom. The second-order valence-corrected chi connectivity index (χ2v) is 13.3. The fraction of sp³-hybridized carbons (Fsp3) is 0.613. The van der Waals surface area contributed by atoms with Crippen molar-refractivity contribution in [1.29, 1.82) is 0 Å². The maximum atomic E-state index is 14.2. The zero-order valence-corrected chi connectivity index (χ0v) is 25.9. The van der Waals surface area contributed by atoms with E-state index in [1.807, 2.05) is 13.8 Å². The number of phenols is 1. The second kappa shape index (κ2) is 11.0. The van der Waals surface area contributed by atoms with Crippen molar-refractivity contribution in [1.82, 2.24) is 9.80 Å². The number of fused-ring (bicyclic) bond motifs is 3. The van der Waals surface area contributed by atoms with Crippen molar-refractivity contribution in [2.24, 2.45) is 29.4 Å². The number of nitrogens with two attached hydrogens (primary N) is 1. The molecule has 0 bridgehead atoms. The maximum absolute atomic E-state index is 14.2. The molecule has 44 heavy (non-hydrogen) atoms. The Hall–Kier alpha value is -3.68. The van der Waals surface area contributed by atoms with Gasteiger partial charge in [-0.05, 0) is 77.7 Å². The molecule has 1 saturated heterocycles. The van der Waals surface area contributed by atoms with E-state index in [-0.39, 0.29) is 36.0 Å². The molecule has 1 aromatic rings. The summed E-state index contributed by atoms with van der Waals surface area (Å²) < 4.78 is 0. The number of nitrogens with zero attached hydrogens (tertiary/aromatic N) is 3. The lowest BCUT2D eigenvalue weighted by Gasteiger charge is -2.52. The molecule has 0 radical (unpaired) electrons. The highest BCUT2D eigenvalue weighted by Crippen LogP contribution is 2.52. The molecule has 5 rings (SSSR count). The van der Waals surface area contributed by atoms with Crippen molar-refractivity contribution in [2.75, 3.05) is 45.0 Å². The molecule has 2 amide bonds. The Balaban J connectivity index is 1.58. The van der Waals surface area contributed by atoms with E-state index in [2.05, 4.69) is 10.2 Å². The lowest BCUT2D eigenvalue weighted by Crippen LogP contribution is -2.74. The Morgan fingerprint density at radius 2 is 1.77 bits per heavy atom. The average Bonchev–Trinajstić information content (AvgIpc) is 3.42. The molecule has 2 unspecified atom stereocenters. The number of likely N-dealkylation sites (N-methyl/N-ethyl adjacent to an activating group) is 1. The molecule has 7 atom stereocenters. The zero-order chi connectivity index (χ0) is 32.6. The number of likely N-dealkylation sites (tertiary alicyclic amines) is 1. The minimum absolute atomic E-state index is 0.0144. The van der Waals surface area contributed by atoms with Crippen molar-refractivity contribution >= 4 is 46.3 Å². The number of anilines is 2. The van der Waals surface area contributed by atoms with Crippen LogP contribution in [0.4, 0.5) is 11.4 Å². The highest BCUT2D eigenvalue weighted by atomic mass is 16.3. The van der Waals surface area contributed by atoms with E-state index in [1.165, 1.54) is 4.90 Å². The fourth-order valence-corrected chi connectivity index (χ4v) is 8.05. The van der Waals surface area contributed by atoms with Crippen LogP contribution in [0.5, 0.6) is 5.75 Å². The van der Waals surface area contributed by atoms with Gasteiger partial charge in [0.15, 0.2) is 34.7 Å². The van der Waals surface area contributed by atoms with E-state index in [4.69, 9.17) is 5.73 Å². The SMILES string of the molecule is CC(C)N1CCC[C@H]1C(=O)Nc1cc(N(C)C)c2c(c1O)C(=O)C1C(=O)[C@]3(O)C(=O)C(C(N)=O)C(=O)[C@@H](N(C)C)[C@@H]3C[C@@H]1C2. The van der Waals surface area contributed by atoms with Gasteiger partial charge in [0.05, 0.1) is 29.3 Å². The summed E-state index contributed by atoms with van der Waals surface area (Å²) in [5.41, 5.74) is 3.45. The number of hydrogen-bond acceptors (Lipinski definition) is 11. The number of nitrogens with one attached hydrogen (secondary N) is 1. The standard InChI is InChI=1S/C31H41N5O8/c1-13(2)36-9-7-8-18(36)30(43)33-17-12-19(34(3)4)15-10-14-11-16-23(35(5)6)26(39)22(29(32)42)28(41)31(16,44)27(40)20(14)25(38)21(15)24(17)37/h12-14,16,18,20,22-23,37,44H,7-11H2,1-6H3,(H2,32,42)(H,33,43)/t14-,16-,18-,20?,22?,23-,31-/m0/s1. The van der Waals surface area contributed by atoms with Gasteiger partial charge >= 0.3 is 0 Å². The van der Waals surface area contributed by atoms with E-state index in [1.54, 1.807) is 39.2 Å². The number of aromatic hydroxyl groups is 1. The first-order valence-corrected chi connectivity index (χ1v) is 15.0. The van der Waals surface area contributed by atoms with Crippen molar-refractivity contribution in [3.05, 3.63) is 17.2 Å². The first-order valence-electron chi connectivity index (χ1n) is 15.0. The van der Waals surface area contributed by atoms with Gasteiger partial charge in [-0.15, -0.1) is 0 Å². The summed E-state index contributed by atoms with van der Waals surface area (Å²) in [6.07, 6.45) is 1.58. The number of ketones is 4. The first kappa shape index (κ1) is 31.7. The van der Waals surface area contributed by atoms with Crippen LogP contribution in [0.25, 0.3) is 0 Å². The zero-order valence-electron chi connectivity index (χ0n) is 25.9. The van der Waals surface area contributed by atoms with Gasteiger partial charge in [-0.3, -0.25) is 38.6 Å². The van der Waals surface area contributed by atoms with Crippen LogP contribution in [-0.4, -0.2) is 113 Å². The van der Waals surface area contributed by atoms with Crippen molar-refractivity contribution in [3.63, 3.8) is 0 Å². The van der Waals surface area contributed by atoms with Gasteiger partial charge in [0.25, 0.3) is 0 Å². The number of Topliss-reactive ketones (excluding diaryl/α,β-unsaturated/α-hetero) is 4. The van der Waals surface area contributed by atoms with Crippen molar-refractivity contribution in [2.45, 2.75) is 63.3 Å². The van der Waals surface area contributed by atoms with Crippen LogP contribution in [0, 0.1) is 23.7 Å². The Bertz CT molecular complexity index is 1470. The summed E-state index contributed by atoms with van der Waals surface area (Å²) in [4.78, 5) is 85.9. The van der Waals surface area contributed by atoms with Gasteiger partial charge < -0.3 is 26.2 Å². The van der Waals surface area contributed by atoms with Gasteiger partial charge in [-0.2, -0.15) is 0 Å². The van der Waals surface area contributed by atoms with Crippen LogP contribution in [0.1, 0.15) is 49.0 Å². The number of carbonyl (C=O) groups is 6. The molecule has 3 aliphatic carbocycles. The second-order valence-electron chi connectivity index (χ2n) is 13.3. The van der Waals surface area contributed by atoms with E-state index >= 15 is 0 Å². The molecule has 2 saturated carbocycles. The van der Waals surface area contributed by atoms with Crippen LogP contribution in [-0.2, 0) is 30.4 Å². The molecule has 13 nitrogen and oxygen atoms in total. The maximum Gasteiger partial charge on any atom is 0.241 e. The third-order valence-corrected chi connectivity index (χ3v) is 10.0. The minimum Gasteiger partial charge on any atom is -0.505 e. The Morgan fingerprint density at radius 1 is 1.11 bits per heavy atom. The number of rotatable bonds is 6. The highest BCUT2D eigenvalue weighted by Gasteiger charge is 2.69. The average molecular weight is 612 g/mol. The predicted octanol–water partition coefficient (Wildman–Crippen LogP) is -0.256. The molecule has 1 aromatic carbocycles. The van der Waals surface area contributed by atoms with Crippen LogP contribution < -0.4 is 16.0 Å². The summed E-state index contributed by atoms with van der Waals surface area (Å²) in [6, 6.07) is 0.148. The molecule has 238 valence electrons. The third kappa shape index (κ3) is 4.55. The number of phenolic OH excluding ortho intramolecular Hbond substituents is 1. The summed E-state index contributed by atoms with van der Waals surface area (Å²) in [6.45, 7) is 4.76. The topological polar surface area (TPSA) is 191 Å². The minimum atomic E-state index is -2.80. The molecule has 5 N–H and O–H groups in total.